The van der Waals surface area contributed by atoms with Crippen molar-refractivity contribution in [2.75, 3.05) is 6.61 Å². The number of hydrogen-bond donors (Lipinski definition) is 0. The summed E-state index contributed by atoms with van der Waals surface area (Å²) < 4.78 is 5.80. The van der Waals surface area contributed by atoms with Crippen molar-refractivity contribution in [3.05, 3.63) is 83.9 Å². The predicted octanol–water partition coefficient (Wildman–Crippen LogP) is 4.36. The number of benzene rings is 3. The van der Waals surface area contributed by atoms with E-state index in [1.807, 2.05) is 30.3 Å². The largest absolute Gasteiger partial charge is 0.475 e. The molecule has 0 spiro atoms. The Labute approximate surface area is 123 Å². The van der Waals surface area contributed by atoms with Gasteiger partial charge in [0.25, 0.3) is 0 Å². The molecule has 1 aliphatic heterocycles. The van der Waals surface area contributed by atoms with Gasteiger partial charge >= 0.3 is 0 Å². The van der Waals surface area contributed by atoms with Gasteiger partial charge in [0, 0.05) is 5.56 Å². The average molecular weight is 273 g/mol. The Morgan fingerprint density at radius 1 is 0.810 bits per heavy atom. The summed E-state index contributed by atoms with van der Waals surface area (Å²) in [5.74, 6) is 0.744. The van der Waals surface area contributed by atoms with Crippen molar-refractivity contribution in [3.8, 4) is 0 Å². The zero-order valence-electron chi connectivity index (χ0n) is 11.6. The SMILES string of the molecule is c1ccc(C2=N[C@H](c3cccc4ccccc34)CO2)cc1. The quantitative estimate of drug-likeness (QED) is 0.680. The highest BCUT2D eigenvalue weighted by Gasteiger charge is 2.22. The fraction of sp³-hybridized carbons (Fsp3) is 0.105. The van der Waals surface area contributed by atoms with Crippen LogP contribution in [0.15, 0.2) is 77.8 Å². The molecular weight excluding hydrogens is 258 g/mol. The lowest BCUT2D eigenvalue weighted by atomic mass is 10.00. The standard InChI is InChI=1S/C19H15NO/c1-2-8-15(9-3-1)19-20-18(13-21-19)17-12-6-10-14-7-4-5-11-16(14)17/h1-12,18H,13H2/t18-/m0/s1. The number of hydrogen-bond acceptors (Lipinski definition) is 2. The van der Waals surface area contributed by atoms with Gasteiger partial charge in [0.15, 0.2) is 0 Å². The van der Waals surface area contributed by atoms with E-state index >= 15 is 0 Å². The van der Waals surface area contributed by atoms with Crippen LogP contribution in [0.4, 0.5) is 0 Å². The number of fused-ring (bicyclic) bond motifs is 1. The van der Waals surface area contributed by atoms with Crippen LogP contribution in [0.3, 0.4) is 0 Å². The van der Waals surface area contributed by atoms with Crippen molar-refractivity contribution >= 4 is 16.7 Å². The molecule has 0 fully saturated rings. The third kappa shape index (κ3) is 2.19. The fourth-order valence-corrected chi connectivity index (χ4v) is 2.81. The summed E-state index contributed by atoms with van der Waals surface area (Å²) in [6.07, 6.45) is 0. The van der Waals surface area contributed by atoms with E-state index in [0.29, 0.717) is 6.61 Å². The van der Waals surface area contributed by atoms with E-state index in [-0.39, 0.29) is 6.04 Å². The van der Waals surface area contributed by atoms with Gasteiger partial charge in [-0.15, -0.1) is 0 Å². The number of nitrogens with zero attached hydrogens (tertiary/aromatic N) is 1. The maximum atomic E-state index is 5.80. The molecule has 2 nitrogen and oxygen atoms in total. The monoisotopic (exact) mass is 273 g/mol. The van der Waals surface area contributed by atoms with Gasteiger partial charge in [0.05, 0.1) is 0 Å². The van der Waals surface area contributed by atoms with E-state index in [0.717, 1.165) is 11.5 Å². The molecule has 3 aromatic rings. The molecule has 0 saturated heterocycles. The third-order valence-electron chi connectivity index (χ3n) is 3.85. The lowest BCUT2D eigenvalue weighted by molar-refractivity contribution is 0.320. The minimum absolute atomic E-state index is 0.0753. The second-order valence-electron chi connectivity index (χ2n) is 5.20. The zero-order chi connectivity index (χ0) is 14.1. The van der Waals surface area contributed by atoms with Crippen LogP contribution in [0.1, 0.15) is 17.2 Å². The Hall–Kier alpha value is -2.61. The van der Waals surface area contributed by atoms with Crippen molar-refractivity contribution < 1.29 is 4.74 Å². The van der Waals surface area contributed by atoms with Crippen LogP contribution in [0.25, 0.3) is 10.8 Å². The molecule has 0 aromatic heterocycles. The summed E-state index contributed by atoms with van der Waals surface area (Å²) in [5, 5.41) is 2.50. The van der Waals surface area contributed by atoms with Crippen molar-refractivity contribution in [1.82, 2.24) is 0 Å². The van der Waals surface area contributed by atoms with E-state index in [4.69, 9.17) is 9.73 Å². The summed E-state index contributed by atoms with van der Waals surface area (Å²) in [4.78, 5) is 4.77. The van der Waals surface area contributed by atoms with Gasteiger partial charge in [-0.1, -0.05) is 60.7 Å². The van der Waals surface area contributed by atoms with Crippen LogP contribution in [0.2, 0.25) is 0 Å². The van der Waals surface area contributed by atoms with Crippen molar-refractivity contribution in [2.24, 2.45) is 4.99 Å². The first-order chi connectivity index (χ1) is 10.4. The lowest BCUT2D eigenvalue weighted by Gasteiger charge is -2.09. The summed E-state index contributed by atoms with van der Waals surface area (Å²) in [7, 11) is 0. The number of aliphatic imine (C=N–C) groups is 1. The summed E-state index contributed by atoms with van der Waals surface area (Å²) in [5.41, 5.74) is 2.28. The van der Waals surface area contributed by atoms with Crippen LogP contribution in [-0.4, -0.2) is 12.5 Å². The number of rotatable bonds is 2. The molecule has 1 atom stereocenters. The van der Waals surface area contributed by atoms with Gasteiger partial charge in [-0.25, -0.2) is 4.99 Å². The number of ether oxygens (including phenoxy) is 1. The Balaban J connectivity index is 1.76. The average Bonchev–Trinajstić information content (AvgIpc) is 3.05. The van der Waals surface area contributed by atoms with E-state index < -0.39 is 0 Å². The summed E-state index contributed by atoms with van der Waals surface area (Å²) in [6.45, 7) is 0.609. The Kier molecular flexibility index (Phi) is 2.93. The van der Waals surface area contributed by atoms with Gasteiger partial charge in [0.2, 0.25) is 5.90 Å². The molecule has 0 amide bonds. The van der Waals surface area contributed by atoms with Gasteiger partial charge in [-0.2, -0.15) is 0 Å². The Morgan fingerprint density at radius 2 is 1.57 bits per heavy atom. The maximum absolute atomic E-state index is 5.80. The minimum atomic E-state index is 0.0753. The highest BCUT2D eigenvalue weighted by molar-refractivity contribution is 5.95. The lowest BCUT2D eigenvalue weighted by Crippen LogP contribution is -2.01. The van der Waals surface area contributed by atoms with Gasteiger partial charge in [-0.05, 0) is 28.5 Å². The van der Waals surface area contributed by atoms with Gasteiger partial charge in [0.1, 0.15) is 12.6 Å². The Morgan fingerprint density at radius 3 is 2.48 bits per heavy atom. The molecule has 102 valence electrons. The van der Waals surface area contributed by atoms with E-state index in [1.165, 1.54) is 16.3 Å². The van der Waals surface area contributed by atoms with Crippen LogP contribution in [0.5, 0.6) is 0 Å². The minimum Gasteiger partial charge on any atom is -0.475 e. The molecule has 0 saturated carbocycles. The van der Waals surface area contributed by atoms with Crippen molar-refractivity contribution in [2.45, 2.75) is 6.04 Å². The molecule has 1 heterocycles. The molecule has 3 aromatic carbocycles. The molecule has 0 bridgehead atoms. The zero-order valence-corrected chi connectivity index (χ0v) is 11.6. The van der Waals surface area contributed by atoms with Crippen LogP contribution in [0, 0.1) is 0 Å². The van der Waals surface area contributed by atoms with Gasteiger partial charge in [-0.3, -0.25) is 0 Å². The van der Waals surface area contributed by atoms with Crippen LogP contribution >= 0.6 is 0 Å². The van der Waals surface area contributed by atoms with Crippen molar-refractivity contribution in [3.63, 3.8) is 0 Å². The molecule has 21 heavy (non-hydrogen) atoms. The normalized spacial score (nSPS) is 17.5. The van der Waals surface area contributed by atoms with Crippen molar-refractivity contribution in [1.29, 1.82) is 0 Å². The third-order valence-corrected chi connectivity index (χ3v) is 3.85. The smallest absolute Gasteiger partial charge is 0.216 e. The topological polar surface area (TPSA) is 21.6 Å². The van der Waals surface area contributed by atoms with Gasteiger partial charge < -0.3 is 4.74 Å². The highest BCUT2D eigenvalue weighted by Crippen LogP contribution is 2.30. The highest BCUT2D eigenvalue weighted by atomic mass is 16.5. The first kappa shape index (κ1) is 12.2. The molecular formula is C19H15NO. The first-order valence-electron chi connectivity index (χ1n) is 7.15. The fourth-order valence-electron chi connectivity index (χ4n) is 2.81. The van der Waals surface area contributed by atoms with E-state index in [2.05, 4.69) is 42.5 Å². The molecule has 4 rings (SSSR count). The molecule has 2 heteroatoms. The van der Waals surface area contributed by atoms with Crippen LogP contribution in [-0.2, 0) is 4.74 Å². The predicted molar refractivity (Wildman–Crippen MR) is 85.6 cm³/mol. The molecule has 0 unspecified atom stereocenters. The van der Waals surface area contributed by atoms with E-state index in [9.17, 15) is 0 Å². The second kappa shape index (κ2) is 5.06. The molecule has 0 aliphatic carbocycles. The summed E-state index contributed by atoms with van der Waals surface area (Å²) >= 11 is 0. The first-order valence-corrected chi connectivity index (χ1v) is 7.15. The molecule has 0 N–H and O–H groups in total. The maximum Gasteiger partial charge on any atom is 0.216 e. The molecule has 1 aliphatic rings. The second-order valence-corrected chi connectivity index (χ2v) is 5.20. The summed E-state index contributed by atoms with van der Waals surface area (Å²) in [6, 6.07) is 25.0. The molecule has 0 radical (unpaired) electrons. The van der Waals surface area contributed by atoms with E-state index in [1.54, 1.807) is 0 Å². The Bertz CT molecular complexity index is 803. The van der Waals surface area contributed by atoms with Crippen LogP contribution < -0.4 is 0 Å².